The molecule has 0 unspecified atom stereocenters. The Labute approximate surface area is 106 Å². The fourth-order valence-corrected chi connectivity index (χ4v) is 1.73. The van der Waals surface area contributed by atoms with E-state index >= 15 is 0 Å². The Bertz CT molecular complexity index is 481. The third-order valence-electron chi connectivity index (χ3n) is 3.23. The molecule has 5 heteroatoms. The Kier molecular flexibility index (Phi) is 3.07. The number of nitrogen functional groups attached to an aromatic ring is 1. The third-order valence-corrected chi connectivity index (χ3v) is 3.23. The number of hydrogen-bond acceptors (Lipinski definition) is 4. The van der Waals surface area contributed by atoms with E-state index in [1.54, 1.807) is 12.1 Å². The lowest BCUT2D eigenvalue weighted by atomic mass is 10.1. The highest BCUT2D eigenvalue weighted by atomic mass is 16.5. The zero-order valence-corrected chi connectivity index (χ0v) is 10.9. The number of carbonyl (C=O) groups excluding carboxylic acids is 1. The van der Waals surface area contributed by atoms with Crippen molar-refractivity contribution in [1.29, 1.82) is 0 Å². The van der Waals surface area contributed by atoms with Crippen molar-refractivity contribution < 1.29 is 14.3 Å². The normalized spacial score (nSPS) is 15.9. The van der Waals surface area contributed by atoms with Crippen LogP contribution in [0.2, 0.25) is 0 Å². The van der Waals surface area contributed by atoms with E-state index < -0.39 is 0 Å². The molecule has 3 N–H and O–H groups in total. The molecule has 1 fully saturated rings. The van der Waals surface area contributed by atoms with Crippen molar-refractivity contribution in [2.75, 3.05) is 20.0 Å². The maximum atomic E-state index is 12.2. The number of nitrogens with one attached hydrogen (secondary N) is 1. The van der Waals surface area contributed by atoms with Crippen LogP contribution in [0.5, 0.6) is 11.5 Å². The smallest absolute Gasteiger partial charge is 0.254 e. The molecule has 0 spiro atoms. The van der Waals surface area contributed by atoms with E-state index in [1.165, 1.54) is 14.2 Å². The van der Waals surface area contributed by atoms with Gasteiger partial charge in [-0.2, -0.15) is 0 Å². The lowest BCUT2D eigenvalue weighted by Crippen LogP contribution is -2.34. The number of benzene rings is 1. The number of ether oxygens (including phenoxy) is 2. The SMILES string of the molecule is COc1cc(OC)c(N)c(C(=O)NC2(C)CC2)c1. The van der Waals surface area contributed by atoms with Gasteiger partial charge in [-0.25, -0.2) is 0 Å². The highest BCUT2D eigenvalue weighted by molar-refractivity contribution is 6.01. The van der Waals surface area contributed by atoms with E-state index in [9.17, 15) is 4.79 Å². The van der Waals surface area contributed by atoms with Gasteiger partial charge < -0.3 is 20.5 Å². The van der Waals surface area contributed by atoms with Crippen LogP contribution in [0, 0.1) is 0 Å². The summed E-state index contributed by atoms with van der Waals surface area (Å²) in [4.78, 5) is 12.2. The van der Waals surface area contributed by atoms with E-state index in [0.29, 0.717) is 22.7 Å². The Hall–Kier alpha value is -1.91. The Morgan fingerprint density at radius 1 is 1.33 bits per heavy atom. The summed E-state index contributed by atoms with van der Waals surface area (Å²) >= 11 is 0. The van der Waals surface area contributed by atoms with Gasteiger partial charge in [0.1, 0.15) is 11.5 Å². The molecule has 0 heterocycles. The van der Waals surface area contributed by atoms with Gasteiger partial charge in [0.2, 0.25) is 0 Å². The van der Waals surface area contributed by atoms with Gasteiger partial charge >= 0.3 is 0 Å². The molecule has 1 aliphatic carbocycles. The number of methoxy groups -OCH3 is 2. The van der Waals surface area contributed by atoms with Crippen molar-refractivity contribution in [3.63, 3.8) is 0 Å². The molecule has 1 amide bonds. The second-order valence-electron chi connectivity index (χ2n) is 4.81. The molecular formula is C13H18N2O3. The van der Waals surface area contributed by atoms with Crippen LogP contribution in [0.25, 0.3) is 0 Å². The summed E-state index contributed by atoms with van der Waals surface area (Å²) in [7, 11) is 3.05. The number of amides is 1. The average Bonchev–Trinajstić information content (AvgIpc) is 3.06. The molecule has 1 aromatic carbocycles. The zero-order valence-electron chi connectivity index (χ0n) is 10.9. The average molecular weight is 250 g/mol. The molecule has 0 atom stereocenters. The second-order valence-corrected chi connectivity index (χ2v) is 4.81. The van der Waals surface area contributed by atoms with Gasteiger partial charge in [0, 0.05) is 11.6 Å². The molecule has 1 aromatic rings. The van der Waals surface area contributed by atoms with Crippen molar-refractivity contribution in [3.05, 3.63) is 17.7 Å². The largest absolute Gasteiger partial charge is 0.497 e. The summed E-state index contributed by atoms with van der Waals surface area (Å²) in [6, 6.07) is 3.28. The first-order valence-electron chi connectivity index (χ1n) is 5.83. The minimum absolute atomic E-state index is 0.0835. The molecule has 1 aliphatic rings. The first-order valence-corrected chi connectivity index (χ1v) is 5.83. The molecule has 0 saturated heterocycles. The first kappa shape index (κ1) is 12.5. The standard InChI is InChI=1S/C13H18N2O3/c1-13(4-5-13)15-12(16)9-6-8(17-2)7-10(18-3)11(9)14/h6-7H,4-5,14H2,1-3H3,(H,15,16). The van der Waals surface area contributed by atoms with Crippen molar-refractivity contribution in [3.8, 4) is 11.5 Å². The maximum Gasteiger partial charge on any atom is 0.254 e. The van der Waals surface area contributed by atoms with Gasteiger partial charge in [-0.3, -0.25) is 4.79 Å². The third kappa shape index (κ3) is 2.34. The van der Waals surface area contributed by atoms with Gasteiger partial charge in [-0.05, 0) is 25.8 Å². The monoisotopic (exact) mass is 250 g/mol. The summed E-state index contributed by atoms with van der Waals surface area (Å²) in [6.45, 7) is 2.01. The van der Waals surface area contributed by atoms with Gasteiger partial charge in [-0.1, -0.05) is 0 Å². The second kappa shape index (κ2) is 4.40. The summed E-state index contributed by atoms with van der Waals surface area (Å²) in [5.74, 6) is 0.803. The van der Waals surface area contributed by atoms with Crippen LogP contribution in [-0.2, 0) is 0 Å². The predicted molar refractivity (Wildman–Crippen MR) is 69.1 cm³/mol. The van der Waals surface area contributed by atoms with Gasteiger partial charge in [0.15, 0.2) is 0 Å². The Morgan fingerprint density at radius 3 is 2.50 bits per heavy atom. The van der Waals surface area contributed by atoms with E-state index in [2.05, 4.69) is 5.32 Å². The van der Waals surface area contributed by atoms with E-state index in [1.807, 2.05) is 6.92 Å². The van der Waals surface area contributed by atoms with Crippen molar-refractivity contribution in [2.45, 2.75) is 25.3 Å². The zero-order chi connectivity index (χ0) is 13.3. The van der Waals surface area contributed by atoms with Crippen LogP contribution in [0.4, 0.5) is 5.69 Å². The molecule has 5 nitrogen and oxygen atoms in total. The van der Waals surface area contributed by atoms with E-state index in [-0.39, 0.29) is 11.4 Å². The van der Waals surface area contributed by atoms with Crippen molar-refractivity contribution >= 4 is 11.6 Å². The molecule has 0 aliphatic heterocycles. The molecule has 0 aromatic heterocycles. The lowest BCUT2D eigenvalue weighted by molar-refractivity contribution is 0.0935. The predicted octanol–water partition coefficient (Wildman–Crippen LogP) is 1.57. The Balaban J connectivity index is 2.32. The molecule has 2 rings (SSSR count). The minimum atomic E-state index is -0.190. The van der Waals surface area contributed by atoms with Gasteiger partial charge in [0.05, 0.1) is 25.5 Å². The number of rotatable bonds is 4. The Morgan fingerprint density at radius 2 is 2.00 bits per heavy atom. The number of hydrogen-bond donors (Lipinski definition) is 2. The van der Waals surface area contributed by atoms with E-state index in [4.69, 9.17) is 15.2 Å². The number of anilines is 1. The molecule has 18 heavy (non-hydrogen) atoms. The molecule has 0 radical (unpaired) electrons. The fourth-order valence-electron chi connectivity index (χ4n) is 1.73. The minimum Gasteiger partial charge on any atom is -0.497 e. The summed E-state index contributed by atoms with van der Waals surface area (Å²) in [5.41, 5.74) is 6.55. The number of nitrogens with two attached hydrogens (primary N) is 1. The molecule has 0 bridgehead atoms. The summed E-state index contributed by atoms with van der Waals surface area (Å²) < 4.78 is 10.3. The van der Waals surface area contributed by atoms with Crippen molar-refractivity contribution in [2.24, 2.45) is 0 Å². The van der Waals surface area contributed by atoms with Crippen LogP contribution < -0.4 is 20.5 Å². The first-order chi connectivity index (χ1) is 8.49. The fraction of sp³-hybridized carbons (Fsp3) is 0.462. The lowest BCUT2D eigenvalue weighted by Gasteiger charge is -2.15. The van der Waals surface area contributed by atoms with Crippen LogP contribution in [0.3, 0.4) is 0 Å². The summed E-state index contributed by atoms with van der Waals surface area (Å²) in [6.07, 6.45) is 2.00. The molecule has 98 valence electrons. The van der Waals surface area contributed by atoms with Crippen LogP contribution in [0.1, 0.15) is 30.1 Å². The highest BCUT2D eigenvalue weighted by Crippen LogP contribution is 2.36. The van der Waals surface area contributed by atoms with Crippen molar-refractivity contribution in [1.82, 2.24) is 5.32 Å². The molecule has 1 saturated carbocycles. The summed E-state index contributed by atoms with van der Waals surface area (Å²) in [5, 5.41) is 2.96. The van der Waals surface area contributed by atoms with Crippen LogP contribution in [-0.4, -0.2) is 25.7 Å². The van der Waals surface area contributed by atoms with E-state index in [0.717, 1.165) is 12.8 Å². The molecular weight excluding hydrogens is 232 g/mol. The highest BCUT2D eigenvalue weighted by Gasteiger charge is 2.39. The topological polar surface area (TPSA) is 73.6 Å². The maximum absolute atomic E-state index is 12.2. The van der Waals surface area contributed by atoms with Gasteiger partial charge in [-0.15, -0.1) is 0 Å². The number of carbonyl (C=O) groups is 1. The van der Waals surface area contributed by atoms with Crippen LogP contribution >= 0.6 is 0 Å². The quantitative estimate of drug-likeness (QED) is 0.795. The van der Waals surface area contributed by atoms with Crippen LogP contribution in [0.15, 0.2) is 12.1 Å². The van der Waals surface area contributed by atoms with Gasteiger partial charge in [0.25, 0.3) is 5.91 Å².